The van der Waals surface area contributed by atoms with Crippen LogP contribution in [0.25, 0.3) is 0 Å². The Morgan fingerprint density at radius 1 is 1.37 bits per heavy atom. The van der Waals surface area contributed by atoms with Crippen LogP contribution < -0.4 is 5.73 Å². The summed E-state index contributed by atoms with van der Waals surface area (Å²) in [5.74, 6) is 0.185. The lowest BCUT2D eigenvalue weighted by molar-refractivity contribution is 0.388. The summed E-state index contributed by atoms with van der Waals surface area (Å²) in [5.41, 5.74) is 8.97. The number of nitrogens with two attached hydrogens (primary N) is 1. The van der Waals surface area contributed by atoms with Gasteiger partial charge in [0, 0.05) is 12.0 Å². The second-order valence-corrected chi connectivity index (χ2v) is 5.69. The van der Waals surface area contributed by atoms with E-state index in [0.717, 1.165) is 24.0 Å². The average molecular weight is 263 g/mol. The molecule has 2 heteroatoms. The second kappa shape index (κ2) is 6.85. The first-order valence-electron chi connectivity index (χ1n) is 7.05. The van der Waals surface area contributed by atoms with Gasteiger partial charge in [0.2, 0.25) is 0 Å². The van der Waals surface area contributed by atoms with Gasteiger partial charge < -0.3 is 5.73 Å². The summed E-state index contributed by atoms with van der Waals surface area (Å²) in [6.45, 7) is 12.1. The minimum atomic E-state index is -0.142. The van der Waals surface area contributed by atoms with Crippen LogP contribution >= 0.6 is 0 Å². The highest BCUT2D eigenvalue weighted by Crippen LogP contribution is 2.33. The van der Waals surface area contributed by atoms with Gasteiger partial charge in [-0.05, 0) is 49.8 Å². The van der Waals surface area contributed by atoms with E-state index in [1.807, 2.05) is 26.0 Å². The van der Waals surface area contributed by atoms with Crippen molar-refractivity contribution in [3.8, 4) is 0 Å². The maximum atomic E-state index is 14.2. The van der Waals surface area contributed by atoms with Gasteiger partial charge in [-0.3, -0.25) is 0 Å². The van der Waals surface area contributed by atoms with E-state index in [1.54, 1.807) is 6.07 Å². The molecule has 0 saturated heterocycles. The maximum absolute atomic E-state index is 14.2. The molecule has 0 aliphatic rings. The number of halogens is 1. The van der Waals surface area contributed by atoms with Gasteiger partial charge >= 0.3 is 0 Å². The Morgan fingerprint density at radius 2 is 2.00 bits per heavy atom. The first-order chi connectivity index (χ1) is 8.86. The molecule has 0 spiro atoms. The molecule has 0 aliphatic heterocycles. The molecule has 0 radical (unpaired) electrons. The smallest absolute Gasteiger partial charge is 0.127 e. The van der Waals surface area contributed by atoms with Gasteiger partial charge in [-0.25, -0.2) is 4.39 Å². The Kier molecular flexibility index (Phi) is 5.74. The summed E-state index contributed by atoms with van der Waals surface area (Å²) in [7, 11) is 0. The van der Waals surface area contributed by atoms with E-state index >= 15 is 0 Å². The molecule has 1 rings (SSSR count). The van der Waals surface area contributed by atoms with Crippen LogP contribution in [-0.2, 0) is 0 Å². The Balaban J connectivity index is 3.03. The fraction of sp³-hybridized carbons (Fsp3) is 0.529. The average Bonchev–Trinajstić information content (AvgIpc) is 2.31. The van der Waals surface area contributed by atoms with E-state index in [4.69, 9.17) is 5.73 Å². The van der Waals surface area contributed by atoms with Crippen molar-refractivity contribution >= 4 is 0 Å². The highest BCUT2D eigenvalue weighted by atomic mass is 19.1. The molecular formula is C17H26FN. The van der Waals surface area contributed by atoms with Crippen LogP contribution in [0.4, 0.5) is 4.39 Å². The molecular weight excluding hydrogens is 237 g/mol. The van der Waals surface area contributed by atoms with Crippen molar-refractivity contribution < 1.29 is 4.39 Å². The van der Waals surface area contributed by atoms with Crippen LogP contribution in [0, 0.1) is 18.7 Å². The number of hydrogen-bond acceptors (Lipinski definition) is 1. The van der Waals surface area contributed by atoms with Crippen molar-refractivity contribution in [3.63, 3.8) is 0 Å². The number of benzene rings is 1. The first kappa shape index (κ1) is 15.9. The van der Waals surface area contributed by atoms with Crippen molar-refractivity contribution in [1.82, 2.24) is 0 Å². The van der Waals surface area contributed by atoms with Gasteiger partial charge in [-0.2, -0.15) is 0 Å². The molecule has 1 aromatic rings. The van der Waals surface area contributed by atoms with Crippen LogP contribution in [0.5, 0.6) is 0 Å². The lowest BCUT2D eigenvalue weighted by Crippen LogP contribution is -2.30. The standard InChI is InChI=1S/C17H26FN/c1-6-11(2)9-13(4)17(14(5)19)15-8-7-12(3)10-16(15)18/h7-8,10,13-14,17H,2,6,9,19H2,1,3-5H3. The number of rotatable bonds is 6. The SMILES string of the molecule is C=C(CC)CC(C)C(c1ccc(C)cc1F)C(C)N. The third-order valence-electron chi connectivity index (χ3n) is 3.81. The molecule has 0 heterocycles. The van der Waals surface area contributed by atoms with Crippen molar-refractivity contribution in [1.29, 1.82) is 0 Å². The molecule has 0 saturated carbocycles. The molecule has 1 aromatic carbocycles. The van der Waals surface area contributed by atoms with Gasteiger partial charge in [-0.15, -0.1) is 0 Å². The fourth-order valence-corrected chi connectivity index (χ4v) is 2.74. The zero-order chi connectivity index (χ0) is 14.6. The van der Waals surface area contributed by atoms with Crippen LogP contribution in [0.15, 0.2) is 30.4 Å². The van der Waals surface area contributed by atoms with Gasteiger partial charge in [0.05, 0.1) is 0 Å². The topological polar surface area (TPSA) is 26.0 Å². The molecule has 0 amide bonds. The zero-order valence-electron chi connectivity index (χ0n) is 12.5. The van der Waals surface area contributed by atoms with Gasteiger partial charge in [0.25, 0.3) is 0 Å². The molecule has 106 valence electrons. The number of hydrogen-bond donors (Lipinski definition) is 1. The number of aryl methyl sites for hydroxylation is 1. The van der Waals surface area contributed by atoms with Crippen molar-refractivity contribution in [2.75, 3.05) is 0 Å². The lowest BCUT2D eigenvalue weighted by Gasteiger charge is -2.29. The molecule has 2 N–H and O–H groups in total. The van der Waals surface area contributed by atoms with E-state index in [1.165, 1.54) is 5.57 Å². The molecule has 3 atom stereocenters. The quantitative estimate of drug-likeness (QED) is 0.748. The van der Waals surface area contributed by atoms with Gasteiger partial charge in [0.1, 0.15) is 5.82 Å². The summed E-state index contributed by atoms with van der Waals surface area (Å²) in [4.78, 5) is 0. The van der Waals surface area contributed by atoms with Crippen molar-refractivity contribution in [3.05, 3.63) is 47.3 Å². The number of allylic oxidation sites excluding steroid dienone is 1. The van der Waals surface area contributed by atoms with E-state index in [2.05, 4.69) is 20.4 Å². The summed E-state index contributed by atoms with van der Waals surface area (Å²) in [5, 5.41) is 0. The van der Waals surface area contributed by atoms with Crippen LogP contribution in [0.1, 0.15) is 50.7 Å². The normalized spacial score (nSPS) is 15.9. The highest BCUT2D eigenvalue weighted by Gasteiger charge is 2.26. The molecule has 0 bridgehead atoms. The Morgan fingerprint density at radius 3 is 2.47 bits per heavy atom. The minimum absolute atomic E-state index is 0.0314. The van der Waals surface area contributed by atoms with Crippen molar-refractivity contribution in [2.24, 2.45) is 11.7 Å². The summed E-state index contributed by atoms with van der Waals surface area (Å²) in [6.07, 6.45) is 1.86. The Labute approximate surface area is 116 Å². The summed E-state index contributed by atoms with van der Waals surface area (Å²) in [6, 6.07) is 5.35. The van der Waals surface area contributed by atoms with E-state index in [-0.39, 0.29) is 17.8 Å². The largest absolute Gasteiger partial charge is 0.327 e. The predicted molar refractivity (Wildman–Crippen MR) is 80.7 cm³/mol. The Bertz CT molecular complexity index is 437. The minimum Gasteiger partial charge on any atom is -0.327 e. The van der Waals surface area contributed by atoms with Gasteiger partial charge in [0.15, 0.2) is 0 Å². The summed E-state index contributed by atoms with van der Waals surface area (Å²) < 4.78 is 14.2. The van der Waals surface area contributed by atoms with Crippen LogP contribution in [-0.4, -0.2) is 6.04 Å². The molecule has 1 nitrogen and oxygen atoms in total. The fourth-order valence-electron chi connectivity index (χ4n) is 2.74. The molecule has 19 heavy (non-hydrogen) atoms. The predicted octanol–water partition coefficient (Wildman–Crippen LogP) is 4.56. The molecule has 0 aromatic heterocycles. The molecule has 0 aliphatic carbocycles. The highest BCUT2D eigenvalue weighted by molar-refractivity contribution is 5.28. The lowest BCUT2D eigenvalue weighted by atomic mass is 9.79. The Hall–Kier alpha value is -1.15. The monoisotopic (exact) mass is 263 g/mol. The molecule has 0 fully saturated rings. The van der Waals surface area contributed by atoms with E-state index < -0.39 is 0 Å². The molecule has 3 unspecified atom stereocenters. The third-order valence-corrected chi connectivity index (χ3v) is 3.81. The maximum Gasteiger partial charge on any atom is 0.127 e. The third kappa shape index (κ3) is 4.17. The first-order valence-corrected chi connectivity index (χ1v) is 7.05. The van der Waals surface area contributed by atoms with Crippen LogP contribution in [0.3, 0.4) is 0 Å². The van der Waals surface area contributed by atoms with Crippen LogP contribution in [0.2, 0.25) is 0 Å². The summed E-state index contributed by atoms with van der Waals surface area (Å²) >= 11 is 0. The van der Waals surface area contributed by atoms with E-state index in [0.29, 0.717) is 5.92 Å². The van der Waals surface area contributed by atoms with Gasteiger partial charge in [-0.1, -0.05) is 38.1 Å². The second-order valence-electron chi connectivity index (χ2n) is 5.69. The zero-order valence-corrected chi connectivity index (χ0v) is 12.5. The van der Waals surface area contributed by atoms with Crippen molar-refractivity contribution in [2.45, 2.75) is 52.5 Å². The van der Waals surface area contributed by atoms with E-state index in [9.17, 15) is 4.39 Å².